The van der Waals surface area contributed by atoms with Crippen LogP contribution in [0.5, 0.6) is 0 Å². The first kappa shape index (κ1) is 40.7. The summed E-state index contributed by atoms with van der Waals surface area (Å²) in [6.07, 6.45) is 18.9. The number of unbranched alkanes of at least 4 members (excludes halogenated alkanes) is 9. The van der Waals surface area contributed by atoms with Crippen molar-refractivity contribution in [1.29, 1.82) is 5.26 Å². The van der Waals surface area contributed by atoms with Gasteiger partial charge < -0.3 is 9.67 Å². The number of hydrogen-bond donors (Lipinski definition) is 1. The van der Waals surface area contributed by atoms with Crippen LogP contribution in [0.4, 0.5) is 0 Å². The Morgan fingerprint density at radius 3 is 1.80 bits per heavy atom. The van der Waals surface area contributed by atoms with Crippen molar-refractivity contribution in [3.05, 3.63) is 87.8 Å². The van der Waals surface area contributed by atoms with E-state index in [1.807, 2.05) is 28.7 Å². The maximum atomic E-state index is 11.9. The van der Waals surface area contributed by atoms with E-state index in [1.54, 1.807) is 17.4 Å². The van der Waals surface area contributed by atoms with Crippen LogP contribution in [0.15, 0.2) is 66.2 Å². The Labute approximate surface area is 340 Å². The highest BCUT2D eigenvalue weighted by atomic mass is 32.1. The van der Waals surface area contributed by atoms with Gasteiger partial charge in [0.2, 0.25) is 0 Å². The number of carboxylic acid groups (broad SMARTS) is 1. The third-order valence-corrected chi connectivity index (χ3v) is 14.7. The Balaban J connectivity index is 1.45. The summed E-state index contributed by atoms with van der Waals surface area (Å²) in [6.45, 7) is 9.93. The quantitative estimate of drug-likeness (QED) is 0.0449. The fourth-order valence-electron chi connectivity index (χ4n) is 7.82. The van der Waals surface area contributed by atoms with Crippen LogP contribution in [0.25, 0.3) is 57.8 Å². The number of para-hydroxylation sites is 1. The summed E-state index contributed by atoms with van der Waals surface area (Å²) in [5.41, 5.74) is 7.66. The van der Waals surface area contributed by atoms with E-state index in [0.717, 1.165) is 55.5 Å². The lowest BCUT2D eigenvalue weighted by atomic mass is 10.0. The first-order valence-corrected chi connectivity index (χ1v) is 23.1. The second-order valence-corrected chi connectivity index (χ2v) is 18.0. The second kappa shape index (κ2) is 19.8. The molecule has 4 nitrogen and oxygen atoms in total. The molecule has 6 aromatic rings. The number of fused-ring (bicyclic) bond motifs is 3. The maximum absolute atomic E-state index is 11.9. The van der Waals surface area contributed by atoms with E-state index in [4.69, 9.17) is 0 Å². The monoisotopic (exact) mass is 788 g/mol. The summed E-state index contributed by atoms with van der Waals surface area (Å²) in [5, 5.41) is 22.0. The fourth-order valence-corrected chi connectivity index (χ4v) is 11.7. The van der Waals surface area contributed by atoms with Gasteiger partial charge in [-0.05, 0) is 110 Å². The molecule has 0 amide bonds. The third kappa shape index (κ3) is 9.54. The molecular formula is C48H56N2O2S3. The third-order valence-electron chi connectivity index (χ3n) is 10.8. The number of rotatable bonds is 21. The number of nitrogens with zero attached hydrogens (tertiary/aromatic N) is 2. The van der Waals surface area contributed by atoms with Crippen LogP contribution >= 0.6 is 34.0 Å². The molecule has 288 valence electrons. The van der Waals surface area contributed by atoms with E-state index in [2.05, 4.69) is 92.9 Å². The number of carboxylic acids is 1. The van der Waals surface area contributed by atoms with Gasteiger partial charge in [-0.15, -0.1) is 34.0 Å². The molecule has 0 atom stereocenters. The van der Waals surface area contributed by atoms with Gasteiger partial charge in [0.05, 0.1) is 0 Å². The van der Waals surface area contributed by atoms with Crippen molar-refractivity contribution in [3.8, 4) is 36.0 Å². The van der Waals surface area contributed by atoms with Crippen LogP contribution in [-0.4, -0.2) is 15.6 Å². The van der Waals surface area contributed by atoms with Gasteiger partial charge in [0.15, 0.2) is 0 Å². The molecule has 0 fully saturated rings. The highest BCUT2D eigenvalue weighted by molar-refractivity contribution is 7.27. The number of aromatic nitrogens is 1. The largest absolute Gasteiger partial charge is 0.477 e. The minimum atomic E-state index is -1.17. The van der Waals surface area contributed by atoms with E-state index in [9.17, 15) is 15.2 Å². The second-order valence-electron chi connectivity index (χ2n) is 14.8. The molecule has 7 heteroatoms. The van der Waals surface area contributed by atoms with Gasteiger partial charge in [-0.3, -0.25) is 0 Å². The van der Waals surface area contributed by atoms with Gasteiger partial charge in [-0.2, -0.15) is 5.26 Å². The molecule has 0 saturated carbocycles. The standard InChI is InChI=1S/C48H56N2O2S3/c1-5-9-12-15-20-33-28-44(53-42(33)31-37(32-49)48(51)52)46-36(22-17-14-11-7-3)30-45(55-46)47-35(21-16-13-10-6-2)29-43(54-47)34-25-26-41-39(27-34)38-23-18-19-24-40(38)50(41)8-4/h18-19,23-31H,5-17,20-22H2,1-4H3,(H,51,52)/b37-31-. The Kier molecular flexibility index (Phi) is 14.6. The fraction of sp³-hybridized carbons (Fsp3) is 0.417. The zero-order valence-electron chi connectivity index (χ0n) is 33.1. The Hall–Kier alpha value is -3.96. The van der Waals surface area contributed by atoms with Gasteiger partial charge in [0.1, 0.15) is 11.6 Å². The highest BCUT2D eigenvalue weighted by Crippen LogP contribution is 2.48. The zero-order valence-corrected chi connectivity index (χ0v) is 35.6. The van der Waals surface area contributed by atoms with E-state index in [1.165, 1.54) is 121 Å². The number of aryl methyl sites for hydroxylation is 4. The van der Waals surface area contributed by atoms with Crippen LogP contribution in [-0.2, 0) is 30.6 Å². The summed E-state index contributed by atoms with van der Waals surface area (Å²) in [5.74, 6) is -1.17. The SMILES string of the molecule is CCCCCCc1cc(-c2sc(-c3sc(-c4ccc5c(c4)c4ccccc4n5CC)cc3CCCCCC)cc2CCCCCC)sc1/C=C(/C#N)C(=O)O. The number of thiophene rings is 3. The van der Waals surface area contributed by atoms with Crippen LogP contribution in [0.1, 0.15) is 126 Å². The number of aliphatic carboxylic acids is 1. The van der Waals surface area contributed by atoms with Gasteiger partial charge in [0, 0.05) is 57.6 Å². The lowest BCUT2D eigenvalue weighted by Gasteiger charge is -2.03. The molecular weight excluding hydrogens is 733 g/mol. The number of nitriles is 1. The average molecular weight is 789 g/mol. The smallest absolute Gasteiger partial charge is 0.346 e. The molecule has 0 unspecified atom stereocenters. The van der Waals surface area contributed by atoms with E-state index >= 15 is 0 Å². The summed E-state index contributed by atoms with van der Waals surface area (Å²) >= 11 is 5.50. The summed E-state index contributed by atoms with van der Waals surface area (Å²) in [6, 6.07) is 25.0. The molecule has 0 aliphatic carbocycles. The van der Waals surface area contributed by atoms with Gasteiger partial charge in [0.25, 0.3) is 0 Å². The Morgan fingerprint density at radius 2 is 1.20 bits per heavy atom. The Bertz CT molecular complexity index is 2290. The van der Waals surface area contributed by atoms with Crippen LogP contribution in [0.2, 0.25) is 0 Å². The lowest BCUT2D eigenvalue weighted by Crippen LogP contribution is -1.97. The van der Waals surface area contributed by atoms with Crippen molar-refractivity contribution in [3.63, 3.8) is 0 Å². The average Bonchev–Trinajstić information content (AvgIpc) is 3.98. The molecule has 0 saturated heterocycles. The molecule has 4 aromatic heterocycles. The Morgan fingerprint density at radius 1 is 0.655 bits per heavy atom. The first-order valence-electron chi connectivity index (χ1n) is 20.7. The molecule has 6 rings (SSSR count). The van der Waals surface area contributed by atoms with Crippen molar-refractivity contribution in [2.45, 2.75) is 131 Å². The maximum Gasteiger partial charge on any atom is 0.346 e. The van der Waals surface area contributed by atoms with Crippen molar-refractivity contribution in [2.24, 2.45) is 0 Å². The molecule has 55 heavy (non-hydrogen) atoms. The molecule has 4 heterocycles. The van der Waals surface area contributed by atoms with Crippen LogP contribution < -0.4 is 0 Å². The minimum Gasteiger partial charge on any atom is -0.477 e. The minimum absolute atomic E-state index is 0.203. The van der Waals surface area contributed by atoms with Crippen molar-refractivity contribution < 1.29 is 9.90 Å². The predicted octanol–water partition coefficient (Wildman–Crippen LogP) is 15.4. The molecule has 0 aliphatic heterocycles. The normalized spacial score (nSPS) is 11.9. The van der Waals surface area contributed by atoms with Gasteiger partial charge in [-0.1, -0.05) is 103 Å². The molecule has 0 spiro atoms. The lowest BCUT2D eigenvalue weighted by molar-refractivity contribution is -0.132. The van der Waals surface area contributed by atoms with E-state index in [0.29, 0.717) is 0 Å². The van der Waals surface area contributed by atoms with Gasteiger partial charge >= 0.3 is 5.97 Å². The number of hydrogen-bond acceptors (Lipinski definition) is 5. The van der Waals surface area contributed by atoms with E-state index < -0.39 is 5.97 Å². The van der Waals surface area contributed by atoms with Crippen molar-refractivity contribution >= 4 is 67.9 Å². The molecule has 0 aliphatic rings. The molecule has 0 radical (unpaired) electrons. The summed E-state index contributed by atoms with van der Waals surface area (Å²) < 4.78 is 2.42. The molecule has 2 aromatic carbocycles. The number of carbonyl (C=O) groups is 1. The molecule has 1 N–H and O–H groups in total. The van der Waals surface area contributed by atoms with Crippen LogP contribution in [0, 0.1) is 11.3 Å². The first-order chi connectivity index (χ1) is 26.9. The van der Waals surface area contributed by atoms with Gasteiger partial charge in [-0.25, -0.2) is 4.79 Å². The zero-order chi connectivity index (χ0) is 38.7. The van der Waals surface area contributed by atoms with Crippen molar-refractivity contribution in [2.75, 3.05) is 0 Å². The predicted molar refractivity (Wildman–Crippen MR) is 240 cm³/mol. The highest BCUT2D eigenvalue weighted by Gasteiger charge is 2.22. The van der Waals surface area contributed by atoms with E-state index in [-0.39, 0.29) is 5.57 Å². The van der Waals surface area contributed by atoms with Crippen molar-refractivity contribution in [1.82, 2.24) is 4.57 Å². The summed E-state index contributed by atoms with van der Waals surface area (Å²) in [7, 11) is 0. The summed E-state index contributed by atoms with van der Waals surface area (Å²) in [4.78, 5) is 19.4. The van der Waals surface area contributed by atoms with Crippen LogP contribution in [0.3, 0.4) is 0 Å². The topological polar surface area (TPSA) is 66.0 Å². The molecule has 0 bridgehead atoms. The number of benzene rings is 2.